The highest BCUT2D eigenvalue weighted by Gasteiger charge is 2.28. The van der Waals surface area contributed by atoms with Gasteiger partial charge in [-0.1, -0.05) is 12.1 Å². The number of amides is 1. The predicted octanol–water partition coefficient (Wildman–Crippen LogP) is 2.30. The van der Waals surface area contributed by atoms with Crippen LogP contribution in [-0.2, 0) is 11.3 Å². The minimum atomic E-state index is -0.403. The number of aryl methyl sites for hydroxylation is 1. The van der Waals surface area contributed by atoms with Crippen molar-refractivity contribution in [1.82, 2.24) is 20.0 Å². The summed E-state index contributed by atoms with van der Waals surface area (Å²) in [5.74, 6) is -0.121. The first-order chi connectivity index (χ1) is 14.2. The van der Waals surface area contributed by atoms with E-state index in [1.165, 1.54) is 0 Å². The number of hydrogen-bond acceptors (Lipinski definition) is 6. The zero-order valence-electron chi connectivity index (χ0n) is 18.0. The van der Waals surface area contributed by atoms with Crippen LogP contribution in [0.2, 0.25) is 0 Å². The van der Waals surface area contributed by atoms with Crippen LogP contribution >= 0.6 is 0 Å². The average Bonchev–Trinajstić information content (AvgIpc) is 3.00. The summed E-state index contributed by atoms with van der Waals surface area (Å²) in [7, 11) is 0. The molecule has 1 fully saturated rings. The van der Waals surface area contributed by atoms with Gasteiger partial charge in [0.15, 0.2) is 0 Å². The molecule has 1 aliphatic rings. The number of rotatable bonds is 7. The number of carbonyl (C=O) groups is 1. The van der Waals surface area contributed by atoms with E-state index in [0.717, 1.165) is 31.9 Å². The Morgan fingerprint density at radius 1 is 1.23 bits per heavy atom. The van der Waals surface area contributed by atoms with Crippen molar-refractivity contribution in [3.05, 3.63) is 56.9 Å². The fourth-order valence-corrected chi connectivity index (χ4v) is 3.72. The molecule has 1 N–H and O–H groups in total. The van der Waals surface area contributed by atoms with Gasteiger partial charge in [-0.2, -0.15) is 5.10 Å². The van der Waals surface area contributed by atoms with E-state index in [1.54, 1.807) is 30.7 Å². The molecule has 162 valence electrons. The lowest BCUT2D eigenvalue weighted by atomic mass is 10.0. The Bertz CT molecular complexity index is 914. The maximum atomic E-state index is 12.6. The first-order valence-electron chi connectivity index (χ1n) is 10.1. The second-order valence-corrected chi connectivity index (χ2v) is 8.23. The van der Waals surface area contributed by atoms with Gasteiger partial charge in [0, 0.05) is 30.7 Å². The second-order valence-electron chi connectivity index (χ2n) is 8.23. The van der Waals surface area contributed by atoms with E-state index in [2.05, 4.69) is 29.2 Å². The number of nitrogens with one attached hydrogen (secondary N) is 1. The lowest BCUT2D eigenvalue weighted by Gasteiger charge is -2.40. The van der Waals surface area contributed by atoms with Crippen molar-refractivity contribution in [2.24, 2.45) is 0 Å². The van der Waals surface area contributed by atoms with Gasteiger partial charge in [0.05, 0.1) is 24.7 Å². The molecular formula is C21H29N5O4. The predicted molar refractivity (Wildman–Crippen MR) is 113 cm³/mol. The van der Waals surface area contributed by atoms with E-state index < -0.39 is 4.92 Å². The van der Waals surface area contributed by atoms with Crippen molar-refractivity contribution in [3.8, 4) is 0 Å². The molecule has 0 atom stereocenters. The molecule has 30 heavy (non-hydrogen) atoms. The molecule has 0 radical (unpaired) electrons. The topological polar surface area (TPSA) is 103 Å². The fourth-order valence-electron chi connectivity index (χ4n) is 3.72. The summed E-state index contributed by atoms with van der Waals surface area (Å²) >= 11 is 0. The minimum absolute atomic E-state index is 0.0499. The van der Waals surface area contributed by atoms with Crippen molar-refractivity contribution in [2.45, 2.75) is 39.8 Å². The lowest BCUT2D eigenvalue weighted by Crippen LogP contribution is -2.55. The van der Waals surface area contributed by atoms with Crippen molar-refractivity contribution >= 4 is 11.6 Å². The van der Waals surface area contributed by atoms with Gasteiger partial charge in [-0.3, -0.25) is 24.5 Å². The van der Waals surface area contributed by atoms with Gasteiger partial charge in [0.1, 0.15) is 11.4 Å². The van der Waals surface area contributed by atoms with E-state index >= 15 is 0 Å². The maximum Gasteiger partial charge on any atom is 0.312 e. The maximum absolute atomic E-state index is 12.6. The van der Waals surface area contributed by atoms with Gasteiger partial charge in [-0.15, -0.1) is 0 Å². The third kappa shape index (κ3) is 4.85. The second kappa shape index (κ2) is 8.93. The van der Waals surface area contributed by atoms with Crippen LogP contribution in [0.25, 0.3) is 0 Å². The number of nitro groups is 1. The number of hydrogen-bond donors (Lipinski definition) is 1. The molecule has 0 bridgehead atoms. The van der Waals surface area contributed by atoms with Crippen LogP contribution in [0.3, 0.4) is 0 Å². The highest BCUT2D eigenvalue weighted by Crippen LogP contribution is 2.22. The van der Waals surface area contributed by atoms with E-state index in [-0.39, 0.29) is 17.1 Å². The molecule has 9 nitrogen and oxygen atoms in total. The smallest absolute Gasteiger partial charge is 0.312 e. The summed E-state index contributed by atoms with van der Waals surface area (Å²) in [6.07, 6.45) is 0. The van der Waals surface area contributed by atoms with Gasteiger partial charge < -0.3 is 10.1 Å². The van der Waals surface area contributed by atoms with Crippen LogP contribution in [-0.4, -0.2) is 63.9 Å². The first-order valence-corrected chi connectivity index (χ1v) is 10.1. The quantitative estimate of drug-likeness (QED) is 0.550. The number of benzene rings is 1. The molecule has 1 amide bonds. The molecular weight excluding hydrogens is 386 g/mol. The van der Waals surface area contributed by atoms with Gasteiger partial charge >= 0.3 is 5.69 Å². The number of carbonyl (C=O) groups excluding carboxylic acids is 1. The van der Waals surface area contributed by atoms with E-state index in [1.807, 2.05) is 12.1 Å². The van der Waals surface area contributed by atoms with Crippen LogP contribution < -0.4 is 5.32 Å². The molecule has 0 saturated carbocycles. The summed E-state index contributed by atoms with van der Waals surface area (Å²) in [5.41, 5.74) is 2.32. The highest BCUT2D eigenvalue weighted by atomic mass is 16.6. The van der Waals surface area contributed by atoms with Crippen LogP contribution in [0.1, 0.15) is 41.2 Å². The lowest BCUT2D eigenvalue weighted by molar-refractivity contribution is -0.386. The molecule has 2 heterocycles. The summed E-state index contributed by atoms with van der Waals surface area (Å²) < 4.78 is 7.02. The van der Waals surface area contributed by atoms with Gasteiger partial charge in [-0.25, -0.2) is 0 Å². The Morgan fingerprint density at radius 3 is 2.43 bits per heavy atom. The zero-order chi connectivity index (χ0) is 21.9. The van der Waals surface area contributed by atoms with Gasteiger partial charge in [0.2, 0.25) is 0 Å². The van der Waals surface area contributed by atoms with Crippen LogP contribution in [0.5, 0.6) is 0 Å². The molecule has 2 aromatic rings. The fraction of sp³-hybridized carbons (Fsp3) is 0.524. The third-order valence-electron chi connectivity index (χ3n) is 5.62. The third-order valence-corrected chi connectivity index (χ3v) is 5.62. The monoisotopic (exact) mass is 415 g/mol. The Hall–Kier alpha value is -2.78. The molecule has 1 saturated heterocycles. The number of ether oxygens (including phenoxy) is 1. The van der Waals surface area contributed by atoms with Crippen LogP contribution in [0.15, 0.2) is 24.3 Å². The SMILES string of the molecule is Cc1nn(Cc2ccc(C(=O)NCC(C)(C)N3CCOCC3)cc2)c(C)c1[N+](=O)[O-]. The normalized spacial score (nSPS) is 15.2. The molecule has 0 spiro atoms. The Kier molecular flexibility index (Phi) is 6.52. The largest absolute Gasteiger partial charge is 0.379 e. The Labute approximate surface area is 176 Å². The molecule has 1 aromatic heterocycles. The van der Waals surface area contributed by atoms with Gasteiger partial charge in [-0.05, 0) is 45.4 Å². The standard InChI is InChI=1S/C21H29N5O4/c1-15-19(26(28)29)16(2)25(23-15)13-17-5-7-18(8-6-17)20(27)22-14-21(3,4)24-9-11-30-12-10-24/h5-8H,9-14H2,1-4H3,(H,22,27). The zero-order valence-corrected chi connectivity index (χ0v) is 18.0. The molecule has 0 aliphatic carbocycles. The number of nitrogens with zero attached hydrogens (tertiary/aromatic N) is 4. The van der Waals surface area contributed by atoms with E-state index in [0.29, 0.717) is 30.0 Å². The van der Waals surface area contributed by atoms with E-state index in [9.17, 15) is 14.9 Å². The van der Waals surface area contributed by atoms with Crippen molar-refractivity contribution < 1.29 is 14.5 Å². The molecule has 9 heteroatoms. The number of aromatic nitrogens is 2. The number of morpholine rings is 1. The van der Waals surface area contributed by atoms with Crippen molar-refractivity contribution in [3.63, 3.8) is 0 Å². The van der Waals surface area contributed by atoms with Crippen LogP contribution in [0, 0.1) is 24.0 Å². The Morgan fingerprint density at radius 2 is 1.87 bits per heavy atom. The summed E-state index contributed by atoms with van der Waals surface area (Å²) in [5, 5.41) is 18.5. The highest BCUT2D eigenvalue weighted by molar-refractivity contribution is 5.94. The Balaban J connectivity index is 1.61. The van der Waals surface area contributed by atoms with Crippen molar-refractivity contribution in [1.29, 1.82) is 0 Å². The summed E-state index contributed by atoms with van der Waals surface area (Å²) in [6.45, 7) is 11.7. The summed E-state index contributed by atoms with van der Waals surface area (Å²) in [6, 6.07) is 7.24. The molecule has 0 unspecified atom stereocenters. The average molecular weight is 415 g/mol. The molecule has 3 rings (SSSR count). The molecule has 1 aliphatic heterocycles. The van der Waals surface area contributed by atoms with Crippen molar-refractivity contribution in [2.75, 3.05) is 32.8 Å². The summed E-state index contributed by atoms with van der Waals surface area (Å²) in [4.78, 5) is 25.7. The minimum Gasteiger partial charge on any atom is -0.379 e. The van der Waals surface area contributed by atoms with Crippen LogP contribution in [0.4, 0.5) is 5.69 Å². The van der Waals surface area contributed by atoms with Gasteiger partial charge in [0.25, 0.3) is 5.91 Å². The first kappa shape index (κ1) is 21.9. The molecule has 1 aromatic carbocycles. The van der Waals surface area contributed by atoms with E-state index in [4.69, 9.17) is 4.74 Å².